The summed E-state index contributed by atoms with van der Waals surface area (Å²) in [4.78, 5) is 26.5. The number of hydrogen-bond donors (Lipinski definition) is 0. The van der Waals surface area contributed by atoms with Crippen molar-refractivity contribution in [2.24, 2.45) is 0 Å². The van der Waals surface area contributed by atoms with Crippen LogP contribution in [0.2, 0.25) is 0 Å². The quantitative estimate of drug-likeness (QED) is 0.754. The number of likely N-dealkylation sites (tertiary alicyclic amines) is 1. The Morgan fingerprint density at radius 3 is 2.26 bits per heavy atom. The minimum Gasteiger partial charge on any atom is -0.444 e. The fourth-order valence-corrected chi connectivity index (χ4v) is 3.80. The molecule has 1 aromatic rings. The first kappa shape index (κ1) is 21.3. The van der Waals surface area contributed by atoms with Crippen molar-refractivity contribution in [1.82, 2.24) is 4.90 Å². The summed E-state index contributed by atoms with van der Waals surface area (Å²) >= 11 is 0. The third-order valence-electron chi connectivity index (χ3n) is 5.08. The number of Topliss-reactive ketones (excluding diaryl/α,β-unsaturated/α-hetero) is 1. The van der Waals surface area contributed by atoms with Crippen LogP contribution in [0.5, 0.6) is 0 Å². The molecule has 27 heavy (non-hydrogen) atoms. The van der Waals surface area contributed by atoms with Crippen molar-refractivity contribution in [2.75, 3.05) is 13.1 Å². The molecule has 4 nitrogen and oxygen atoms in total. The molecule has 0 aliphatic carbocycles. The highest BCUT2D eigenvalue weighted by Gasteiger charge is 2.45. The van der Waals surface area contributed by atoms with Gasteiger partial charge < -0.3 is 9.64 Å². The molecule has 0 aromatic heterocycles. The van der Waals surface area contributed by atoms with E-state index in [1.54, 1.807) is 25.7 Å². The van der Waals surface area contributed by atoms with E-state index in [0.717, 1.165) is 6.07 Å². The van der Waals surface area contributed by atoms with Gasteiger partial charge in [0.05, 0.1) is 5.41 Å². The average Bonchev–Trinajstić information content (AvgIpc) is 2.53. The maximum atomic E-state index is 14.8. The molecule has 0 N–H and O–H groups in total. The number of carbonyl (C=O) groups excluding carboxylic acids is 2. The summed E-state index contributed by atoms with van der Waals surface area (Å²) in [6.45, 7) is 9.33. The van der Waals surface area contributed by atoms with Gasteiger partial charge in [0, 0.05) is 24.7 Å². The topological polar surface area (TPSA) is 46.6 Å². The highest BCUT2D eigenvalue weighted by Crippen LogP contribution is 2.40. The van der Waals surface area contributed by atoms with Crippen molar-refractivity contribution in [3.05, 3.63) is 34.9 Å². The molecular formula is C21H29F2NO3. The van der Waals surface area contributed by atoms with Gasteiger partial charge in [-0.15, -0.1) is 0 Å². The van der Waals surface area contributed by atoms with Gasteiger partial charge in [-0.25, -0.2) is 13.6 Å². The van der Waals surface area contributed by atoms with Gasteiger partial charge in [-0.2, -0.15) is 0 Å². The van der Waals surface area contributed by atoms with Gasteiger partial charge in [-0.05, 0) is 58.6 Å². The normalized spacial score (nSPS) is 16.9. The molecule has 0 unspecified atom stereocenters. The summed E-state index contributed by atoms with van der Waals surface area (Å²) in [5, 5.41) is 0. The first-order valence-corrected chi connectivity index (χ1v) is 9.47. The van der Waals surface area contributed by atoms with Gasteiger partial charge in [-0.1, -0.05) is 13.3 Å². The number of piperidine rings is 1. The summed E-state index contributed by atoms with van der Waals surface area (Å²) in [5.74, 6) is -1.47. The van der Waals surface area contributed by atoms with E-state index in [1.165, 1.54) is 13.0 Å². The monoisotopic (exact) mass is 381 g/mol. The van der Waals surface area contributed by atoms with Crippen LogP contribution in [-0.2, 0) is 21.4 Å². The van der Waals surface area contributed by atoms with Crippen molar-refractivity contribution >= 4 is 11.9 Å². The lowest BCUT2D eigenvalue weighted by Crippen LogP contribution is -2.50. The van der Waals surface area contributed by atoms with Crippen LogP contribution in [-0.4, -0.2) is 35.5 Å². The van der Waals surface area contributed by atoms with E-state index in [4.69, 9.17) is 4.74 Å². The van der Waals surface area contributed by atoms with Crippen LogP contribution in [0, 0.1) is 11.6 Å². The van der Waals surface area contributed by atoms with Crippen LogP contribution in [0.1, 0.15) is 65.0 Å². The van der Waals surface area contributed by atoms with Crippen LogP contribution in [0.4, 0.5) is 13.6 Å². The molecule has 1 aliphatic heterocycles. The number of rotatable bonds is 4. The minimum atomic E-state index is -1.04. The Hall–Kier alpha value is -1.98. The summed E-state index contributed by atoms with van der Waals surface area (Å²) in [6.07, 6.45) is 1.36. The summed E-state index contributed by atoms with van der Waals surface area (Å²) < 4.78 is 34.0. The molecule has 1 aromatic carbocycles. The van der Waals surface area contributed by atoms with Gasteiger partial charge in [0.2, 0.25) is 0 Å². The fraction of sp³-hybridized carbons (Fsp3) is 0.619. The minimum absolute atomic E-state index is 0.158. The average molecular weight is 381 g/mol. The summed E-state index contributed by atoms with van der Waals surface area (Å²) in [5.41, 5.74) is -0.817. The number of hydrogen-bond acceptors (Lipinski definition) is 3. The molecule has 0 spiro atoms. The predicted molar refractivity (Wildman–Crippen MR) is 99.8 cm³/mol. The number of benzene rings is 1. The van der Waals surface area contributed by atoms with Gasteiger partial charge in [0.1, 0.15) is 23.0 Å². The Balaban J connectivity index is 2.35. The van der Waals surface area contributed by atoms with Gasteiger partial charge in [0.15, 0.2) is 0 Å². The molecule has 1 fully saturated rings. The Morgan fingerprint density at radius 1 is 1.19 bits per heavy atom. The maximum absolute atomic E-state index is 14.8. The van der Waals surface area contributed by atoms with E-state index in [2.05, 4.69) is 0 Å². The molecule has 0 saturated carbocycles. The number of amides is 1. The Kier molecular flexibility index (Phi) is 6.28. The van der Waals surface area contributed by atoms with Crippen LogP contribution in [0.15, 0.2) is 12.1 Å². The van der Waals surface area contributed by atoms with E-state index in [9.17, 15) is 18.4 Å². The second kappa shape index (κ2) is 7.95. The molecule has 0 bridgehead atoms. The molecule has 6 heteroatoms. The second-order valence-electron chi connectivity index (χ2n) is 8.28. The summed E-state index contributed by atoms with van der Waals surface area (Å²) in [7, 11) is 0. The van der Waals surface area contributed by atoms with Crippen molar-refractivity contribution in [3.8, 4) is 0 Å². The van der Waals surface area contributed by atoms with Crippen molar-refractivity contribution in [3.63, 3.8) is 0 Å². The molecule has 2 rings (SSSR count). The van der Waals surface area contributed by atoms with E-state index < -0.39 is 28.7 Å². The first-order valence-electron chi connectivity index (χ1n) is 9.47. The third-order valence-corrected chi connectivity index (χ3v) is 5.08. The summed E-state index contributed by atoms with van der Waals surface area (Å²) in [6, 6.07) is 2.17. The standard InChI is InChI=1S/C21H29F2NO3/c1-6-7-15-12-16(22)13-17(23)18(15)21(14(2)25)8-10-24(11-9-21)19(26)27-20(3,4)5/h12-13H,6-11H2,1-5H3. The van der Waals surface area contributed by atoms with Crippen molar-refractivity contribution in [1.29, 1.82) is 0 Å². The Morgan fingerprint density at radius 2 is 1.78 bits per heavy atom. The molecule has 1 saturated heterocycles. The number of ether oxygens (including phenoxy) is 1. The van der Waals surface area contributed by atoms with E-state index >= 15 is 0 Å². The lowest BCUT2D eigenvalue weighted by molar-refractivity contribution is -0.124. The molecule has 0 radical (unpaired) electrons. The maximum Gasteiger partial charge on any atom is 0.410 e. The molecule has 1 amide bonds. The molecule has 0 atom stereocenters. The zero-order valence-corrected chi connectivity index (χ0v) is 16.8. The Labute approximate surface area is 159 Å². The van der Waals surface area contributed by atoms with Gasteiger partial charge in [0.25, 0.3) is 0 Å². The second-order valence-corrected chi connectivity index (χ2v) is 8.28. The smallest absolute Gasteiger partial charge is 0.410 e. The number of nitrogens with zero attached hydrogens (tertiary/aromatic N) is 1. The first-order chi connectivity index (χ1) is 12.5. The highest BCUT2D eigenvalue weighted by molar-refractivity contribution is 5.89. The number of carbonyl (C=O) groups is 2. The Bertz CT molecular complexity index is 717. The molecule has 1 heterocycles. The van der Waals surface area contributed by atoms with Gasteiger partial charge in [-0.3, -0.25) is 4.79 Å². The zero-order chi connectivity index (χ0) is 20.4. The van der Waals surface area contributed by atoms with E-state index in [-0.39, 0.29) is 18.9 Å². The fourth-order valence-electron chi connectivity index (χ4n) is 3.80. The predicted octanol–water partition coefficient (Wildman–Crippen LogP) is 4.78. The van der Waals surface area contributed by atoms with Crippen molar-refractivity contribution in [2.45, 2.75) is 71.3 Å². The van der Waals surface area contributed by atoms with Crippen LogP contribution in [0.3, 0.4) is 0 Å². The largest absolute Gasteiger partial charge is 0.444 e. The van der Waals surface area contributed by atoms with Crippen LogP contribution in [0.25, 0.3) is 0 Å². The third kappa shape index (κ3) is 4.66. The highest BCUT2D eigenvalue weighted by atomic mass is 19.1. The van der Waals surface area contributed by atoms with E-state index in [0.29, 0.717) is 36.8 Å². The van der Waals surface area contributed by atoms with E-state index in [1.807, 2.05) is 6.92 Å². The molecule has 1 aliphatic rings. The van der Waals surface area contributed by atoms with Crippen molar-refractivity contribution < 1.29 is 23.1 Å². The SMILES string of the molecule is CCCc1cc(F)cc(F)c1C1(C(C)=O)CCN(C(=O)OC(C)(C)C)CC1. The number of halogens is 2. The lowest BCUT2D eigenvalue weighted by Gasteiger charge is -2.41. The molecular weight excluding hydrogens is 352 g/mol. The van der Waals surface area contributed by atoms with Crippen LogP contribution < -0.4 is 0 Å². The lowest BCUT2D eigenvalue weighted by atomic mass is 9.68. The van der Waals surface area contributed by atoms with Crippen LogP contribution >= 0.6 is 0 Å². The zero-order valence-electron chi connectivity index (χ0n) is 16.8. The number of aryl methyl sites for hydroxylation is 1. The van der Waals surface area contributed by atoms with Gasteiger partial charge >= 0.3 is 6.09 Å². The molecule has 150 valence electrons. The number of ketones is 1.